The summed E-state index contributed by atoms with van der Waals surface area (Å²) in [6.07, 6.45) is 4.99. The first kappa shape index (κ1) is 11.7. The molecular weight excluding hydrogens is 210 g/mol. The first-order valence-corrected chi connectivity index (χ1v) is 4.42. The van der Waals surface area contributed by atoms with E-state index < -0.39 is 4.92 Å². The lowest BCUT2D eigenvalue weighted by atomic mass is 10.1. The van der Waals surface area contributed by atoms with Gasteiger partial charge in [0.2, 0.25) is 0 Å². The molecule has 0 bridgehead atoms. The zero-order chi connectivity index (χ0) is 12.1. The third-order valence-corrected chi connectivity index (χ3v) is 1.87. The SMILES string of the molecule is C#CCOc1ccc(C(C)=O)c([N+](=O)[O-])c1. The molecule has 0 radical (unpaired) electrons. The van der Waals surface area contributed by atoms with E-state index in [9.17, 15) is 14.9 Å². The second-order valence-electron chi connectivity index (χ2n) is 2.99. The molecule has 0 saturated carbocycles. The van der Waals surface area contributed by atoms with E-state index in [0.29, 0.717) is 0 Å². The van der Waals surface area contributed by atoms with Crippen LogP contribution in [0.3, 0.4) is 0 Å². The Morgan fingerprint density at radius 1 is 1.62 bits per heavy atom. The number of nitro groups is 1. The van der Waals surface area contributed by atoms with E-state index in [1.165, 1.54) is 25.1 Å². The van der Waals surface area contributed by atoms with Gasteiger partial charge in [-0.2, -0.15) is 0 Å². The van der Waals surface area contributed by atoms with E-state index >= 15 is 0 Å². The Morgan fingerprint density at radius 3 is 2.81 bits per heavy atom. The molecule has 0 N–H and O–H groups in total. The second-order valence-corrected chi connectivity index (χ2v) is 2.99. The molecule has 0 unspecified atom stereocenters. The van der Waals surface area contributed by atoms with Crippen molar-refractivity contribution in [3.05, 3.63) is 33.9 Å². The zero-order valence-corrected chi connectivity index (χ0v) is 8.60. The van der Waals surface area contributed by atoms with E-state index in [1.807, 2.05) is 0 Å². The number of rotatable bonds is 4. The number of hydrogen-bond donors (Lipinski definition) is 0. The molecule has 1 rings (SSSR count). The van der Waals surface area contributed by atoms with Crippen molar-refractivity contribution in [2.75, 3.05) is 6.61 Å². The molecule has 82 valence electrons. The third kappa shape index (κ3) is 2.58. The molecule has 0 aliphatic carbocycles. The number of nitrogens with zero attached hydrogens (tertiary/aromatic N) is 1. The lowest BCUT2D eigenvalue weighted by Gasteiger charge is -2.03. The van der Waals surface area contributed by atoms with Gasteiger partial charge in [-0.3, -0.25) is 14.9 Å². The largest absolute Gasteiger partial charge is 0.481 e. The fourth-order valence-corrected chi connectivity index (χ4v) is 1.18. The Bertz CT molecular complexity index is 473. The van der Waals surface area contributed by atoms with Gasteiger partial charge in [0, 0.05) is 0 Å². The average molecular weight is 219 g/mol. The summed E-state index contributed by atoms with van der Waals surface area (Å²) in [6.45, 7) is 1.29. The zero-order valence-electron chi connectivity index (χ0n) is 8.60. The number of carbonyl (C=O) groups is 1. The Balaban J connectivity index is 3.13. The fourth-order valence-electron chi connectivity index (χ4n) is 1.18. The number of terminal acetylenes is 1. The molecule has 5 nitrogen and oxygen atoms in total. The molecule has 0 spiro atoms. The van der Waals surface area contributed by atoms with Crippen molar-refractivity contribution in [2.45, 2.75) is 6.92 Å². The summed E-state index contributed by atoms with van der Waals surface area (Å²) in [6, 6.07) is 4.02. The van der Waals surface area contributed by atoms with Gasteiger partial charge >= 0.3 is 0 Å². The number of hydrogen-bond acceptors (Lipinski definition) is 4. The number of nitro benzene ring substituents is 1. The van der Waals surface area contributed by atoms with Crippen LogP contribution in [0, 0.1) is 22.5 Å². The van der Waals surface area contributed by atoms with E-state index in [2.05, 4.69) is 5.92 Å². The number of carbonyl (C=O) groups excluding carboxylic acids is 1. The molecule has 0 aliphatic heterocycles. The van der Waals surface area contributed by atoms with Crippen molar-refractivity contribution in [3.63, 3.8) is 0 Å². The molecule has 0 heterocycles. The topological polar surface area (TPSA) is 69.4 Å². The van der Waals surface area contributed by atoms with Crippen LogP contribution in [0.2, 0.25) is 0 Å². The minimum absolute atomic E-state index is 0.0244. The smallest absolute Gasteiger partial charge is 0.283 e. The third-order valence-electron chi connectivity index (χ3n) is 1.87. The predicted octanol–water partition coefficient (Wildman–Crippen LogP) is 1.81. The second kappa shape index (κ2) is 4.94. The standard InChI is InChI=1S/C11H9NO4/c1-3-6-16-9-4-5-10(8(2)13)11(7-9)12(14)15/h1,4-5,7H,6H2,2H3. The summed E-state index contributed by atoms with van der Waals surface area (Å²) < 4.78 is 5.03. The van der Waals surface area contributed by atoms with Crippen molar-refractivity contribution >= 4 is 11.5 Å². The molecule has 0 amide bonds. The summed E-state index contributed by atoms with van der Waals surface area (Å²) >= 11 is 0. The van der Waals surface area contributed by atoms with Crippen molar-refractivity contribution in [2.24, 2.45) is 0 Å². The van der Waals surface area contributed by atoms with Crippen molar-refractivity contribution in [1.29, 1.82) is 0 Å². The Morgan fingerprint density at radius 2 is 2.31 bits per heavy atom. The van der Waals surface area contributed by atoms with Gasteiger partial charge in [-0.1, -0.05) is 5.92 Å². The Kier molecular flexibility index (Phi) is 3.62. The van der Waals surface area contributed by atoms with Crippen LogP contribution >= 0.6 is 0 Å². The lowest BCUT2D eigenvalue weighted by molar-refractivity contribution is -0.385. The van der Waals surface area contributed by atoms with Crippen LogP contribution in [0.4, 0.5) is 5.69 Å². The first-order chi connectivity index (χ1) is 7.56. The number of Topliss-reactive ketones (excluding diaryl/α,β-unsaturated/α-hetero) is 1. The maximum absolute atomic E-state index is 11.1. The van der Waals surface area contributed by atoms with Gasteiger partial charge in [0.15, 0.2) is 5.78 Å². The number of ketones is 1. The van der Waals surface area contributed by atoms with E-state index in [4.69, 9.17) is 11.2 Å². The predicted molar refractivity (Wildman–Crippen MR) is 57.4 cm³/mol. The number of benzene rings is 1. The summed E-state index contributed by atoms with van der Waals surface area (Å²) in [4.78, 5) is 21.2. The van der Waals surface area contributed by atoms with Crippen molar-refractivity contribution in [3.8, 4) is 18.1 Å². The quantitative estimate of drug-likeness (QED) is 0.335. The average Bonchev–Trinajstić information content (AvgIpc) is 2.25. The first-order valence-electron chi connectivity index (χ1n) is 4.42. The highest BCUT2D eigenvalue weighted by molar-refractivity contribution is 5.98. The highest BCUT2D eigenvalue weighted by Crippen LogP contribution is 2.24. The molecule has 0 aromatic heterocycles. The maximum atomic E-state index is 11.1. The molecule has 0 fully saturated rings. The highest BCUT2D eigenvalue weighted by Gasteiger charge is 2.18. The Labute approximate surface area is 92.2 Å². The molecule has 1 aromatic rings. The van der Waals surface area contributed by atoms with Crippen LogP contribution in [0.5, 0.6) is 5.75 Å². The normalized spacial score (nSPS) is 9.25. The monoisotopic (exact) mass is 219 g/mol. The molecule has 5 heteroatoms. The van der Waals surface area contributed by atoms with Gasteiger partial charge in [-0.25, -0.2) is 0 Å². The van der Waals surface area contributed by atoms with Gasteiger partial charge in [0.05, 0.1) is 16.6 Å². The lowest BCUT2D eigenvalue weighted by Crippen LogP contribution is -2.01. The van der Waals surface area contributed by atoms with Gasteiger partial charge in [-0.15, -0.1) is 6.42 Å². The van der Waals surface area contributed by atoms with Crippen LogP contribution in [-0.2, 0) is 0 Å². The van der Waals surface area contributed by atoms with Crippen LogP contribution in [0.25, 0.3) is 0 Å². The molecule has 1 aromatic carbocycles. The van der Waals surface area contributed by atoms with Gasteiger partial charge in [0.1, 0.15) is 12.4 Å². The van der Waals surface area contributed by atoms with E-state index in [-0.39, 0.29) is 29.4 Å². The molecule has 0 saturated heterocycles. The van der Waals surface area contributed by atoms with E-state index in [1.54, 1.807) is 0 Å². The molecule has 16 heavy (non-hydrogen) atoms. The summed E-state index contributed by atoms with van der Waals surface area (Å²) in [5.74, 6) is 2.15. The van der Waals surface area contributed by atoms with Crippen molar-refractivity contribution in [1.82, 2.24) is 0 Å². The van der Waals surface area contributed by atoms with Gasteiger partial charge in [-0.05, 0) is 19.1 Å². The number of ether oxygens (including phenoxy) is 1. The fraction of sp³-hybridized carbons (Fsp3) is 0.182. The summed E-state index contributed by atoms with van der Waals surface area (Å²) in [5, 5.41) is 10.7. The van der Waals surface area contributed by atoms with Crippen LogP contribution < -0.4 is 4.74 Å². The van der Waals surface area contributed by atoms with E-state index in [0.717, 1.165) is 0 Å². The van der Waals surface area contributed by atoms with Crippen molar-refractivity contribution < 1.29 is 14.5 Å². The summed E-state index contributed by atoms with van der Waals surface area (Å²) in [5.41, 5.74) is -0.222. The van der Waals surface area contributed by atoms with Crippen LogP contribution in [0.1, 0.15) is 17.3 Å². The van der Waals surface area contributed by atoms with Gasteiger partial charge in [0.25, 0.3) is 5.69 Å². The minimum Gasteiger partial charge on any atom is -0.481 e. The van der Waals surface area contributed by atoms with Crippen LogP contribution in [-0.4, -0.2) is 17.3 Å². The van der Waals surface area contributed by atoms with Crippen LogP contribution in [0.15, 0.2) is 18.2 Å². The molecule has 0 atom stereocenters. The summed E-state index contributed by atoms with van der Waals surface area (Å²) in [7, 11) is 0. The Hall–Kier alpha value is -2.35. The minimum atomic E-state index is -0.626. The van der Waals surface area contributed by atoms with Gasteiger partial charge < -0.3 is 4.74 Å². The highest BCUT2D eigenvalue weighted by atomic mass is 16.6. The molecule has 0 aliphatic rings. The molecular formula is C11H9NO4. The maximum Gasteiger partial charge on any atom is 0.283 e.